The van der Waals surface area contributed by atoms with Gasteiger partial charge < -0.3 is 5.32 Å². The van der Waals surface area contributed by atoms with E-state index >= 15 is 0 Å². The van der Waals surface area contributed by atoms with Crippen LogP contribution in [0.4, 0.5) is 5.69 Å². The van der Waals surface area contributed by atoms with Crippen LogP contribution in [-0.4, -0.2) is 11.7 Å². The molecule has 3 rings (SSSR count). The zero-order valence-corrected chi connectivity index (χ0v) is 12.0. The second-order valence-corrected chi connectivity index (χ2v) is 5.98. The number of aryl methyl sites for hydroxylation is 2. The molecule has 100 valence electrons. The molecule has 1 N–H and O–H groups in total. The van der Waals surface area contributed by atoms with E-state index < -0.39 is 11.7 Å². The predicted octanol–water partition coefficient (Wildman–Crippen LogP) is 3.59. The van der Waals surface area contributed by atoms with Gasteiger partial charge in [0.1, 0.15) is 0 Å². The van der Waals surface area contributed by atoms with Crippen molar-refractivity contribution in [2.45, 2.75) is 23.6 Å². The molecule has 0 atom stereocenters. The van der Waals surface area contributed by atoms with E-state index in [1.165, 1.54) is 16.0 Å². The van der Waals surface area contributed by atoms with E-state index in [0.717, 1.165) is 4.90 Å². The fraction of sp³-hybridized carbons (Fsp3) is 0.125. The van der Waals surface area contributed by atoms with Crippen molar-refractivity contribution >= 4 is 29.1 Å². The van der Waals surface area contributed by atoms with E-state index in [2.05, 4.69) is 37.4 Å². The maximum atomic E-state index is 11.5. The summed E-state index contributed by atoms with van der Waals surface area (Å²) in [6.07, 6.45) is 0. The van der Waals surface area contributed by atoms with Crippen LogP contribution in [0.2, 0.25) is 0 Å². The Morgan fingerprint density at radius 1 is 1.00 bits per heavy atom. The van der Waals surface area contributed by atoms with Crippen LogP contribution in [0.5, 0.6) is 0 Å². The number of Topliss-reactive ketones (excluding diaryl/α,β-unsaturated/α-hetero) is 1. The zero-order valence-electron chi connectivity index (χ0n) is 11.2. The smallest absolute Gasteiger partial charge is 0.296 e. The maximum absolute atomic E-state index is 11.5. The van der Waals surface area contributed by atoms with Crippen LogP contribution < -0.4 is 5.32 Å². The molecule has 2 aromatic carbocycles. The highest BCUT2D eigenvalue weighted by Gasteiger charge is 2.27. The molecule has 1 aliphatic rings. The Balaban J connectivity index is 1.91. The van der Waals surface area contributed by atoms with Gasteiger partial charge in [-0.3, -0.25) is 9.59 Å². The van der Waals surface area contributed by atoms with Gasteiger partial charge in [-0.1, -0.05) is 29.5 Å². The van der Waals surface area contributed by atoms with Crippen molar-refractivity contribution in [3.8, 4) is 0 Å². The number of anilines is 1. The minimum atomic E-state index is -0.548. The summed E-state index contributed by atoms with van der Waals surface area (Å²) in [5.41, 5.74) is 3.52. The monoisotopic (exact) mass is 283 g/mol. The number of hydrogen-bond donors (Lipinski definition) is 1. The molecule has 0 radical (unpaired) electrons. The molecule has 0 saturated heterocycles. The van der Waals surface area contributed by atoms with Gasteiger partial charge in [-0.05, 0) is 43.7 Å². The van der Waals surface area contributed by atoms with E-state index in [1.807, 2.05) is 12.1 Å². The Kier molecular flexibility index (Phi) is 3.10. The zero-order chi connectivity index (χ0) is 14.3. The molecule has 0 aromatic heterocycles. The van der Waals surface area contributed by atoms with Crippen LogP contribution in [-0.2, 0) is 4.79 Å². The summed E-state index contributed by atoms with van der Waals surface area (Å²) in [7, 11) is 0. The first-order chi connectivity index (χ1) is 9.54. The Bertz CT molecular complexity index is 737. The first-order valence-corrected chi connectivity index (χ1v) is 7.11. The second kappa shape index (κ2) is 4.80. The lowest BCUT2D eigenvalue weighted by molar-refractivity contribution is -0.112. The van der Waals surface area contributed by atoms with Gasteiger partial charge in [-0.2, -0.15) is 0 Å². The van der Waals surface area contributed by atoms with Gasteiger partial charge in [0, 0.05) is 9.79 Å². The fourth-order valence-corrected chi connectivity index (χ4v) is 3.15. The Morgan fingerprint density at radius 3 is 2.55 bits per heavy atom. The average molecular weight is 283 g/mol. The molecule has 20 heavy (non-hydrogen) atoms. The van der Waals surface area contributed by atoms with Crippen LogP contribution >= 0.6 is 11.8 Å². The lowest BCUT2D eigenvalue weighted by Crippen LogP contribution is -2.12. The van der Waals surface area contributed by atoms with Crippen molar-refractivity contribution in [2.24, 2.45) is 0 Å². The molecular formula is C16H13NO2S. The van der Waals surface area contributed by atoms with E-state index in [4.69, 9.17) is 0 Å². The average Bonchev–Trinajstić information content (AvgIpc) is 2.68. The van der Waals surface area contributed by atoms with Gasteiger partial charge in [0.2, 0.25) is 0 Å². The van der Waals surface area contributed by atoms with Crippen LogP contribution in [0, 0.1) is 13.8 Å². The van der Waals surface area contributed by atoms with Gasteiger partial charge >= 0.3 is 0 Å². The Hall–Kier alpha value is -2.07. The normalized spacial score (nSPS) is 13.3. The van der Waals surface area contributed by atoms with Crippen LogP contribution in [0.1, 0.15) is 21.5 Å². The third-order valence-corrected chi connectivity index (χ3v) is 4.42. The van der Waals surface area contributed by atoms with Crippen LogP contribution in [0.15, 0.2) is 46.2 Å². The maximum Gasteiger partial charge on any atom is 0.296 e. The minimum Gasteiger partial charge on any atom is -0.318 e. The molecule has 0 unspecified atom stereocenters. The van der Waals surface area contributed by atoms with E-state index in [0.29, 0.717) is 11.3 Å². The number of hydrogen-bond acceptors (Lipinski definition) is 3. The van der Waals surface area contributed by atoms with Gasteiger partial charge in [-0.25, -0.2) is 0 Å². The fourth-order valence-electron chi connectivity index (χ4n) is 2.23. The topological polar surface area (TPSA) is 46.2 Å². The second-order valence-electron chi connectivity index (χ2n) is 4.86. The number of nitrogens with one attached hydrogen (secondary N) is 1. The van der Waals surface area contributed by atoms with Crippen LogP contribution in [0.25, 0.3) is 0 Å². The third kappa shape index (κ3) is 2.23. The molecule has 2 aromatic rings. The van der Waals surface area contributed by atoms with E-state index in [1.54, 1.807) is 17.8 Å². The summed E-state index contributed by atoms with van der Waals surface area (Å²) < 4.78 is 0. The highest BCUT2D eigenvalue weighted by Crippen LogP contribution is 2.34. The Labute approximate surface area is 121 Å². The number of carbonyl (C=O) groups excluding carboxylic acids is 2. The highest BCUT2D eigenvalue weighted by molar-refractivity contribution is 7.99. The number of ketones is 1. The standard InChI is InChI=1S/C16H13NO2S/c1-9-3-6-14(10(2)7-9)20-11-4-5-12-13(8-11)17-16(19)15(12)18/h3-8H,1-2H3,(H,17,18,19). The van der Waals surface area contributed by atoms with Crippen molar-refractivity contribution in [1.82, 2.24) is 0 Å². The lowest BCUT2D eigenvalue weighted by Gasteiger charge is -2.07. The minimum absolute atomic E-state index is 0.455. The SMILES string of the molecule is Cc1ccc(Sc2ccc3c(c2)NC(=O)C3=O)c(C)c1. The molecule has 0 spiro atoms. The summed E-state index contributed by atoms with van der Waals surface area (Å²) in [6, 6.07) is 11.7. The summed E-state index contributed by atoms with van der Waals surface area (Å²) in [5.74, 6) is -1.00. The quantitative estimate of drug-likeness (QED) is 0.857. The van der Waals surface area contributed by atoms with Crippen molar-refractivity contribution < 1.29 is 9.59 Å². The number of amides is 1. The van der Waals surface area contributed by atoms with Gasteiger partial charge in [0.25, 0.3) is 11.7 Å². The molecule has 1 heterocycles. The first-order valence-electron chi connectivity index (χ1n) is 6.29. The largest absolute Gasteiger partial charge is 0.318 e. The Morgan fingerprint density at radius 2 is 1.80 bits per heavy atom. The number of carbonyl (C=O) groups is 2. The van der Waals surface area contributed by atoms with Gasteiger partial charge in [0.15, 0.2) is 0 Å². The van der Waals surface area contributed by atoms with Crippen molar-refractivity contribution in [1.29, 1.82) is 0 Å². The summed E-state index contributed by atoms with van der Waals surface area (Å²) in [5, 5.41) is 2.60. The molecule has 4 heteroatoms. The molecule has 1 aliphatic heterocycles. The number of rotatable bonds is 2. The highest BCUT2D eigenvalue weighted by atomic mass is 32.2. The molecule has 0 saturated carbocycles. The molecule has 0 bridgehead atoms. The summed E-state index contributed by atoms with van der Waals surface area (Å²) in [6.45, 7) is 4.14. The number of benzene rings is 2. The molecular weight excluding hydrogens is 270 g/mol. The first kappa shape index (κ1) is 12.9. The van der Waals surface area contributed by atoms with E-state index in [-0.39, 0.29) is 0 Å². The van der Waals surface area contributed by atoms with Crippen molar-refractivity contribution in [3.63, 3.8) is 0 Å². The molecule has 0 aliphatic carbocycles. The molecule has 3 nitrogen and oxygen atoms in total. The number of fused-ring (bicyclic) bond motifs is 1. The van der Waals surface area contributed by atoms with Gasteiger partial charge in [-0.15, -0.1) is 0 Å². The van der Waals surface area contributed by atoms with Crippen molar-refractivity contribution in [2.75, 3.05) is 5.32 Å². The predicted molar refractivity (Wildman–Crippen MR) is 79.4 cm³/mol. The van der Waals surface area contributed by atoms with E-state index in [9.17, 15) is 9.59 Å². The van der Waals surface area contributed by atoms with Crippen molar-refractivity contribution in [3.05, 3.63) is 53.1 Å². The molecule has 0 fully saturated rings. The summed E-state index contributed by atoms with van der Waals surface area (Å²) >= 11 is 1.63. The van der Waals surface area contributed by atoms with Gasteiger partial charge in [0.05, 0.1) is 11.3 Å². The summed E-state index contributed by atoms with van der Waals surface area (Å²) in [4.78, 5) is 25.0. The van der Waals surface area contributed by atoms with Crippen LogP contribution in [0.3, 0.4) is 0 Å². The third-order valence-electron chi connectivity index (χ3n) is 3.25. The lowest BCUT2D eigenvalue weighted by atomic mass is 10.1. The molecule has 1 amide bonds.